The summed E-state index contributed by atoms with van der Waals surface area (Å²) in [5.74, 6) is 6.11. The normalized spacial score (nSPS) is 16.7. The fraction of sp³-hybridized carbons (Fsp3) is 0.348. The van der Waals surface area contributed by atoms with Crippen LogP contribution in [0.25, 0.3) is 0 Å². The molecule has 6 heteroatoms. The molecular weight excluding hydrogens is 364 g/mol. The van der Waals surface area contributed by atoms with Gasteiger partial charge in [-0.25, -0.2) is 4.98 Å². The van der Waals surface area contributed by atoms with Gasteiger partial charge in [-0.15, -0.1) is 5.92 Å². The summed E-state index contributed by atoms with van der Waals surface area (Å²) in [4.78, 5) is 34.3. The topological polar surface area (TPSA) is 65.5 Å². The predicted molar refractivity (Wildman–Crippen MR) is 113 cm³/mol. The van der Waals surface area contributed by atoms with Crippen LogP contribution in [0.15, 0.2) is 42.6 Å². The number of benzene rings is 1. The zero-order valence-corrected chi connectivity index (χ0v) is 16.5. The molecule has 2 amide bonds. The molecule has 148 valence electrons. The molecule has 1 N–H and O–H groups in total. The average molecular weight is 388 g/mol. The average Bonchev–Trinajstić information content (AvgIpc) is 3.22. The van der Waals surface area contributed by atoms with Gasteiger partial charge in [-0.2, -0.15) is 0 Å². The second-order valence-corrected chi connectivity index (χ2v) is 7.46. The first-order chi connectivity index (χ1) is 14.1. The molecule has 2 aliphatic heterocycles. The summed E-state index contributed by atoms with van der Waals surface area (Å²) in [7, 11) is 0. The monoisotopic (exact) mass is 388 g/mol. The van der Waals surface area contributed by atoms with E-state index in [0.29, 0.717) is 29.2 Å². The van der Waals surface area contributed by atoms with Crippen molar-refractivity contribution in [3.05, 3.63) is 48.2 Å². The maximum Gasteiger partial charge on any atom is 0.257 e. The number of fused-ring (bicyclic) bond motifs is 2. The molecular formula is C23H24N4O2. The summed E-state index contributed by atoms with van der Waals surface area (Å²) in [5, 5.41) is 2.86. The first-order valence-electron chi connectivity index (χ1n) is 10.0. The predicted octanol–water partition coefficient (Wildman–Crippen LogP) is 3.44. The molecule has 0 spiro atoms. The van der Waals surface area contributed by atoms with Gasteiger partial charge in [0.1, 0.15) is 0 Å². The molecule has 4 rings (SSSR count). The highest BCUT2D eigenvalue weighted by Crippen LogP contribution is 2.37. The highest BCUT2D eigenvalue weighted by molar-refractivity contribution is 6.17. The number of anilines is 3. The Balaban J connectivity index is 1.59. The Morgan fingerprint density at radius 3 is 2.79 bits per heavy atom. The number of nitrogens with one attached hydrogen (secondary N) is 1. The number of para-hydroxylation sites is 1. The number of pyridine rings is 1. The molecule has 0 bridgehead atoms. The standard InChI is InChI=1S/C23H24N4O2/c1-17(9-4-5-14-26-15-6-7-16-26)23(29)27-20-12-3-2-10-18(20)22(28)25-19-11-8-13-24-21(19)27/h2-3,8,10-13,17H,6-7,9,14-16H2,1H3,(H,25,28). The third-order valence-electron chi connectivity index (χ3n) is 5.31. The minimum absolute atomic E-state index is 0.121. The molecule has 29 heavy (non-hydrogen) atoms. The number of hydrogen-bond acceptors (Lipinski definition) is 4. The first-order valence-corrected chi connectivity index (χ1v) is 10.0. The van der Waals surface area contributed by atoms with Crippen LogP contribution in [0.5, 0.6) is 0 Å². The Bertz CT molecular complexity index is 986. The first kappa shape index (κ1) is 19.2. The molecule has 3 heterocycles. The van der Waals surface area contributed by atoms with Crippen molar-refractivity contribution in [1.82, 2.24) is 9.88 Å². The number of carbonyl (C=O) groups is 2. The molecule has 0 saturated carbocycles. The van der Waals surface area contributed by atoms with Crippen molar-refractivity contribution in [2.75, 3.05) is 29.9 Å². The van der Waals surface area contributed by atoms with Crippen LogP contribution >= 0.6 is 0 Å². The molecule has 2 aromatic rings. The van der Waals surface area contributed by atoms with E-state index in [1.54, 1.807) is 41.4 Å². The second kappa shape index (κ2) is 8.46. The van der Waals surface area contributed by atoms with E-state index in [2.05, 4.69) is 27.0 Å². The summed E-state index contributed by atoms with van der Waals surface area (Å²) < 4.78 is 0. The minimum Gasteiger partial charge on any atom is -0.319 e. The Kier molecular flexibility index (Phi) is 5.59. The van der Waals surface area contributed by atoms with Gasteiger partial charge in [-0.1, -0.05) is 25.0 Å². The van der Waals surface area contributed by atoms with E-state index in [4.69, 9.17) is 0 Å². The van der Waals surface area contributed by atoms with Crippen molar-refractivity contribution in [1.29, 1.82) is 0 Å². The van der Waals surface area contributed by atoms with Gasteiger partial charge in [0.25, 0.3) is 5.91 Å². The van der Waals surface area contributed by atoms with Crippen molar-refractivity contribution in [3.8, 4) is 11.8 Å². The molecule has 1 unspecified atom stereocenters. The van der Waals surface area contributed by atoms with Crippen LogP contribution < -0.4 is 10.2 Å². The van der Waals surface area contributed by atoms with E-state index in [-0.39, 0.29) is 17.7 Å². The van der Waals surface area contributed by atoms with E-state index >= 15 is 0 Å². The van der Waals surface area contributed by atoms with Gasteiger partial charge in [-0.3, -0.25) is 19.4 Å². The van der Waals surface area contributed by atoms with E-state index < -0.39 is 0 Å². The summed E-state index contributed by atoms with van der Waals surface area (Å²) in [6.45, 7) is 4.85. The highest BCUT2D eigenvalue weighted by atomic mass is 16.2. The van der Waals surface area contributed by atoms with E-state index in [9.17, 15) is 9.59 Å². The van der Waals surface area contributed by atoms with Crippen molar-refractivity contribution >= 4 is 29.0 Å². The summed E-state index contributed by atoms with van der Waals surface area (Å²) >= 11 is 0. The molecule has 1 aromatic carbocycles. The van der Waals surface area contributed by atoms with Gasteiger partial charge in [0, 0.05) is 18.5 Å². The molecule has 1 atom stereocenters. The fourth-order valence-electron chi connectivity index (χ4n) is 3.70. The van der Waals surface area contributed by atoms with Gasteiger partial charge in [0.15, 0.2) is 5.82 Å². The van der Waals surface area contributed by atoms with Crippen LogP contribution in [0, 0.1) is 17.8 Å². The van der Waals surface area contributed by atoms with Crippen LogP contribution in [0.2, 0.25) is 0 Å². The number of carbonyl (C=O) groups excluding carboxylic acids is 2. The molecule has 1 saturated heterocycles. The summed E-state index contributed by atoms with van der Waals surface area (Å²) in [6.07, 6.45) is 4.57. The van der Waals surface area contributed by atoms with Gasteiger partial charge in [0.05, 0.1) is 23.5 Å². The van der Waals surface area contributed by atoms with Crippen LogP contribution in [-0.4, -0.2) is 41.3 Å². The van der Waals surface area contributed by atoms with Crippen molar-refractivity contribution in [2.24, 2.45) is 5.92 Å². The van der Waals surface area contributed by atoms with Crippen LogP contribution in [0.1, 0.15) is 36.5 Å². The van der Waals surface area contributed by atoms with Crippen LogP contribution in [0.3, 0.4) is 0 Å². The Morgan fingerprint density at radius 2 is 1.97 bits per heavy atom. The third-order valence-corrected chi connectivity index (χ3v) is 5.31. The molecule has 6 nitrogen and oxygen atoms in total. The lowest BCUT2D eigenvalue weighted by Crippen LogP contribution is -2.32. The number of aromatic nitrogens is 1. The quantitative estimate of drug-likeness (QED) is 0.818. The summed E-state index contributed by atoms with van der Waals surface area (Å²) in [6, 6.07) is 10.6. The minimum atomic E-state index is -0.322. The Labute approximate surface area is 170 Å². The maximum absolute atomic E-state index is 13.4. The number of rotatable bonds is 3. The Hall–Kier alpha value is -3.17. The van der Waals surface area contributed by atoms with Gasteiger partial charge in [-0.05, 0) is 50.2 Å². The van der Waals surface area contributed by atoms with Gasteiger partial charge < -0.3 is 5.32 Å². The molecule has 1 aromatic heterocycles. The molecule has 1 fully saturated rings. The lowest BCUT2D eigenvalue weighted by atomic mass is 10.0. The second-order valence-electron chi connectivity index (χ2n) is 7.46. The zero-order chi connectivity index (χ0) is 20.2. The molecule has 0 radical (unpaired) electrons. The maximum atomic E-state index is 13.4. The van der Waals surface area contributed by atoms with E-state index in [1.165, 1.54) is 12.8 Å². The number of likely N-dealkylation sites (tertiary alicyclic amines) is 1. The third kappa shape index (κ3) is 4.01. The van der Waals surface area contributed by atoms with Crippen molar-refractivity contribution in [3.63, 3.8) is 0 Å². The Morgan fingerprint density at radius 1 is 1.17 bits per heavy atom. The largest absolute Gasteiger partial charge is 0.319 e. The fourth-order valence-corrected chi connectivity index (χ4v) is 3.70. The zero-order valence-electron chi connectivity index (χ0n) is 16.5. The van der Waals surface area contributed by atoms with Crippen LogP contribution in [-0.2, 0) is 4.79 Å². The number of amides is 2. The number of hydrogen-bond donors (Lipinski definition) is 1. The van der Waals surface area contributed by atoms with E-state index in [1.807, 2.05) is 13.0 Å². The van der Waals surface area contributed by atoms with E-state index in [0.717, 1.165) is 19.6 Å². The van der Waals surface area contributed by atoms with Crippen LogP contribution in [0.4, 0.5) is 17.2 Å². The van der Waals surface area contributed by atoms with Gasteiger partial charge in [0.2, 0.25) is 5.91 Å². The highest BCUT2D eigenvalue weighted by Gasteiger charge is 2.32. The summed E-state index contributed by atoms with van der Waals surface area (Å²) in [5.41, 5.74) is 1.52. The lowest BCUT2D eigenvalue weighted by Gasteiger charge is -2.25. The number of nitrogens with zero attached hydrogens (tertiary/aromatic N) is 3. The van der Waals surface area contributed by atoms with Gasteiger partial charge >= 0.3 is 0 Å². The molecule has 2 aliphatic rings. The smallest absolute Gasteiger partial charge is 0.257 e. The SMILES string of the molecule is CC(CC#CCN1CCCC1)C(=O)N1c2ccccc2C(=O)Nc2cccnc21. The molecule has 0 aliphatic carbocycles. The van der Waals surface area contributed by atoms with Crippen molar-refractivity contribution < 1.29 is 9.59 Å². The lowest BCUT2D eigenvalue weighted by molar-refractivity contribution is -0.121. The van der Waals surface area contributed by atoms with Crippen molar-refractivity contribution in [2.45, 2.75) is 26.2 Å².